The Morgan fingerprint density at radius 1 is 1.32 bits per heavy atom. The van der Waals surface area contributed by atoms with E-state index in [1.54, 1.807) is 0 Å². The van der Waals surface area contributed by atoms with Gasteiger partial charge in [-0.3, -0.25) is 0 Å². The number of hydrogen-bond acceptors (Lipinski definition) is 3. The lowest BCUT2D eigenvalue weighted by Crippen LogP contribution is -2.27. The van der Waals surface area contributed by atoms with Crippen LogP contribution in [-0.4, -0.2) is 28.1 Å². The minimum Gasteiger partial charge on any atom is -0.316 e. The van der Waals surface area contributed by atoms with Crippen molar-refractivity contribution in [2.75, 3.05) is 19.6 Å². The van der Waals surface area contributed by atoms with E-state index in [9.17, 15) is 21.6 Å². The number of halogens is 4. The van der Waals surface area contributed by atoms with Crippen molar-refractivity contribution in [3.63, 3.8) is 0 Å². The van der Waals surface area contributed by atoms with Gasteiger partial charge in [0.05, 0.1) is 10.5 Å². The number of rotatable bonds is 5. The predicted molar refractivity (Wildman–Crippen MR) is 77.2 cm³/mol. The fraction of sp³-hybridized carbons (Fsp3) is 0.538. The van der Waals surface area contributed by atoms with Gasteiger partial charge in [0, 0.05) is 11.6 Å². The molecule has 1 aliphatic rings. The summed E-state index contributed by atoms with van der Waals surface area (Å²) in [4.78, 5) is -0.475. The highest BCUT2D eigenvalue weighted by atomic mass is 35.5. The molecule has 0 bridgehead atoms. The van der Waals surface area contributed by atoms with Crippen molar-refractivity contribution in [2.45, 2.75) is 23.9 Å². The number of sulfonamides is 1. The number of alkyl halides is 3. The second kappa shape index (κ2) is 6.74. The highest BCUT2D eigenvalue weighted by Crippen LogP contribution is 2.32. The molecule has 0 spiro atoms. The van der Waals surface area contributed by atoms with Gasteiger partial charge in [0.2, 0.25) is 10.0 Å². The van der Waals surface area contributed by atoms with Gasteiger partial charge in [0.1, 0.15) is 0 Å². The van der Waals surface area contributed by atoms with E-state index in [1.807, 2.05) is 0 Å². The first-order chi connectivity index (χ1) is 10.2. The average molecular weight is 357 g/mol. The molecule has 0 radical (unpaired) electrons. The standard InChI is InChI=1S/C13H16ClF3N2O2S/c14-11-5-10(13(15,16)17)6-12(7-11)22(20,21)19-4-2-9-1-3-18-8-9/h5-7,9,18-19H,1-4,8H2. The summed E-state index contributed by atoms with van der Waals surface area (Å²) in [6.45, 7) is 1.92. The van der Waals surface area contributed by atoms with Crippen LogP contribution >= 0.6 is 11.6 Å². The summed E-state index contributed by atoms with van der Waals surface area (Å²) in [5.41, 5.74) is -1.08. The predicted octanol–water partition coefficient (Wildman–Crippen LogP) is 2.64. The normalized spacial score (nSPS) is 19.5. The third-order valence-corrected chi connectivity index (χ3v) is 5.17. The minimum absolute atomic E-state index is 0.183. The Morgan fingerprint density at radius 2 is 2.05 bits per heavy atom. The van der Waals surface area contributed by atoms with Gasteiger partial charge in [-0.2, -0.15) is 13.2 Å². The topological polar surface area (TPSA) is 58.2 Å². The summed E-state index contributed by atoms with van der Waals surface area (Å²) in [7, 11) is -4.01. The lowest BCUT2D eigenvalue weighted by atomic mass is 10.1. The van der Waals surface area contributed by atoms with E-state index in [2.05, 4.69) is 10.0 Å². The van der Waals surface area contributed by atoms with Crippen molar-refractivity contribution in [1.29, 1.82) is 0 Å². The van der Waals surface area contributed by atoms with Crippen LogP contribution in [0.5, 0.6) is 0 Å². The van der Waals surface area contributed by atoms with Gasteiger partial charge in [-0.25, -0.2) is 13.1 Å². The smallest absolute Gasteiger partial charge is 0.316 e. The molecular formula is C13H16ClF3N2O2S. The van der Waals surface area contributed by atoms with Gasteiger partial charge >= 0.3 is 6.18 Å². The van der Waals surface area contributed by atoms with Crippen LogP contribution in [0.4, 0.5) is 13.2 Å². The molecule has 1 aliphatic heterocycles. The Kier molecular flexibility index (Phi) is 5.37. The molecule has 9 heteroatoms. The number of hydrogen-bond donors (Lipinski definition) is 2. The van der Waals surface area contributed by atoms with Crippen LogP contribution in [0.1, 0.15) is 18.4 Å². The highest BCUT2D eigenvalue weighted by Gasteiger charge is 2.32. The second-order valence-corrected chi connectivity index (χ2v) is 7.42. The zero-order valence-corrected chi connectivity index (χ0v) is 13.2. The average Bonchev–Trinajstić information content (AvgIpc) is 2.90. The summed E-state index contributed by atoms with van der Waals surface area (Å²) in [6.07, 6.45) is -3.04. The lowest BCUT2D eigenvalue weighted by Gasteiger charge is -2.12. The Balaban J connectivity index is 2.09. The Labute approximate surface area is 132 Å². The Bertz CT molecular complexity index is 629. The van der Waals surface area contributed by atoms with Crippen molar-refractivity contribution in [1.82, 2.24) is 10.0 Å². The van der Waals surface area contributed by atoms with Crippen LogP contribution in [-0.2, 0) is 16.2 Å². The second-order valence-electron chi connectivity index (χ2n) is 5.22. The third kappa shape index (κ3) is 4.58. The lowest BCUT2D eigenvalue weighted by molar-refractivity contribution is -0.137. The first kappa shape index (κ1) is 17.5. The number of nitrogens with one attached hydrogen (secondary N) is 2. The third-order valence-electron chi connectivity index (χ3n) is 3.52. The summed E-state index contributed by atoms with van der Waals surface area (Å²) < 4.78 is 64.6. The molecule has 124 valence electrons. The molecule has 1 atom stereocenters. The van der Waals surface area contributed by atoms with Crippen LogP contribution in [0.15, 0.2) is 23.1 Å². The van der Waals surface area contributed by atoms with E-state index >= 15 is 0 Å². The highest BCUT2D eigenvalue weighted by molar-refractivity contribution is 7.89. The molecule has 1 saturated heterocycles. The van der Waals surface area contributed by atoms with Crippen molar-refractivity contribution in [3.8, 4) is 0 Å². The summed E-state index contributed by atoms with van der Waals surface area (Å²) in [5.74, 6) is 0.382. The summed E-state index contributed by atoms with van der Waals surface area (Å²) in [5, 5.41) is 2.90. The van der Waals surface area contributed by atoms with Crippen molar-refractivity contribution in [2.24, 2.45) is 5.92 Å². The van der Waals surface area contributed by atoms with Crippen LogP contribution in [0.2, 0.25) is 5.02 Å². The maximum Gasteiger partial charge on any atom is 0.416 e. The van der Waals surface area contributed by atoms with Gasteiger partial charge in [-0.1, -0.05) is 11.6 Å². The Morgan fingerprint density at radius 3 is 2.64 bits per heavy atom. The molecule has 1 aromatic rings. The zero-order valence-electron chi connectivity index (χ0n) is 11.6. The minimum atomic E-state index is -4.65. The SMILES string of the molecule is O=S(=O)(NCCC1CCNC1)c1cc(Cl)cc(C(F)(F)F)c1. The number of benzene rings is 1. The van der Waals surface area contributed by atoms with Crippen LogP contribution in [0.25, 0.3) is 0 Å². The van der Waals surface area contributed by atoms with Gasteiger partial charge < -0.3 is 5.32 Å². The van der Waals surface area contributed by atoms with E-state index in [1.165, 1.54) is 0 Å². The van der Waals surface area contributed by atoms with E-state index in [0.29, 0.717) is 24.5 Å². The van der Waals surface area contributed by atoms with Gasteiger partial charge in [0.15, 0.2) is 0 Å². The van der Waals surface area contributed by atoms with Gasteiger partial charge in [-0.15, -0.1) is 0 Å². The van der Waals surface area contributed by atoms with Gasteiger partial charge in [0.25, 0.3) is 0 Å². The fourth-order valence-electron chi connectivity index (χ4n) is 2.32. The molecule has 0 saturated carbocycles. The molecule has 1 aromatic carbocycles. The molecular weight excluding hydrogens is 341 g/mol. The van der Waals surface area contributed by atoms with E-state index < -0.39 is 26.7 Å². The van der Waals surface area contributed by atoms with Crippen LogP contribution in [0, 0.1) is 5.92 Å². The van der Waals surface area contributed by atoms with Crippen molar-refractivity contribution >= 4 is 21.6 Å². The first-order valence-corrected chi connectivity index (χ1v) is 8.63. The maximum absolute atomic E-state index is 12.7. The molecule has 2 N–H and O–H groups in total. The fourth-order valence-corrected chi connectivity index (χ4v) is 3.74. The van der Waals surface area contributed by atoms with E-state index in [0.717, 1.165) is 25.6 Å². The molecule has 0 aliphatic carbocycles. The first-order valence-electron chi connectivity index (χ1n) is 6.76. The molecule has 4 nitrogen and oxygen atoms in total. The summed E-state index contributed by atoms with van der Waals surface area (Å²) in [6, 6.07) is 2.30. The summed E-state index contributed by atoms with van der Waals surface area (Å²) >= 11 is 5.60. The molecule has 1 unspecified atom stereocenters. The Hall–Kier alpha value is -0.830. The maximum atomic E-state index is 12.7. The molecule has 22 heavy (non-hydrogen) atoms. The van der Waals surface area contributed by atoms with Crippen LogP contribution < -0.4 is 10.0 Å². The molecule has 2 rings (SSSR count). The van der Waals surface area contributed by atoms with E-state index in [4.69, 9.17) is 11.6 Å². The van der Waals surface area contributed by atoms with Crippen molar-refractivity contribution < 1.29 is 21.6 Å². The zero-order chi connectivity index (χ0) is 16.4. The largest absolute Gasteiger partial charge is 0.416 e. The molecule has 0 amide bonds. The van der Waals surface area contributed by atoms with E-state index in [-0.39, 0.29) is 11.6 Å². The van der Waals surface area contributed by atoms with Crippen LogP contribution in [0.3, 0.4) is 0 Å². The van der Waals surface area contributed by atoms with Gasteiger partial charge in [-0.05, 0) is 50.0 Å². The molecule has 1 heterocycles. The quantitative estimate of drug-likeness (QED) is 0.852. The van der Waals surface area contributed by atoms with Crippen molar-refractivity contribution in [3.05, 3.63) is 28.8 Å². The molecule has 0 aromatic heterocycles. The monoisotopic (exact) mass is 356 g/mol. The molecule has 1 fully saturated rings.